The molecule has 0 aliphatic heterocycles. The summed E-state index contributed by atoms with van der Waals surface area (Å²) in [5.74, 6) is 0.453. The fraction of sp³-hybridized carbons (Fsp3) is 0.294. The summed E-state index contributed by atoms with van der Waals surface area (Å²) >= 11 is 0. The first-order valence-corrected chi connectivity index (χ1v) is 6.69. The van der Waals surface area contributed by atoms with Crippen molar-refractivity contribution in [3.63, 3.8) is 0 Å². The molecular formula is C17H21KO2. The van der Waals surface area contributed by atoms with Gasteiger partial charge in [-0.1, -0.05) is 56.7 Å². The van der Waals surface area contributed by atoms with Gasteiger partial charge in [-0.2, -0.15) is 0 Å². The minimum absolute atomic E-state index is 0. The summed E-state index contributed by atoms with van der Waals surface area (Å²) in [7, 11) is 0. The number of aromatic hydroxyl groups is 1. The van der Waals surface area contributed by atoms with E-state index in [-0.39, 0.29) is 57.1 Å². The van der Waals surface area contributed by atoms with Crippen LogP contribution in [0.25, 0.3) is 0 Å². The van der Waals surface area contributed by atoms with Crippen LogP contribution < -0.4 is 56.5 Å². The Hall–Kier alpha value is -0.324. The summed E-state index contributed by atoms with van der Waals surface area (Å²) in [6.07, 6.45) is 3.19. The van der Waals surface area contributed by atoms with Crippen LogP contribution in [0.15, 0.2) is 48.5 Å². The smallest absolute Gasteiger partial charge is 0.872 e. The summed E-state index contributed by atoms with van der Waals surface area (Å²) in [5, 5.41) is 19.6. The Balaban J connectivity index is 0.000000345. The van der Waals surface area contributed by atoms with Gasteiger partial charge in [-0.25, -0.2) is 0 Å². The maximum Gasteiger partial charge on any atom is 1.00 e. The molecule has 2 aromatic carbocycles. The largest absolute Gasteiger partial charge is 1.00 e. The first-order valence-electron chi connectivity index (χ1n) is 6.69. The summed E-state index contributed by atoms with van der Waals surface area (Å²) in [4.78, 5) is 0. The van der Waals surface area contributed by atoms with Crippen LogP contribution in [-0.2, 0) is 12.8 Å². The molecule has 3 heteroatoms. The molecule has 0 saturated heterocycles. The molecule has 0 bridgehead atoms. The molecule has 0 amide bonds. The third kappa shape index (κ3) is 8.07. The molecule has 2 rings (SSSR count). The summed E-state index contributed by atoms with van der Waals surface area (Å²) in [6, 6.07) is 14.3. The van der Waals surface area contributed by atoms with E-state index in [0.29, 0.717) is 5.75 Å². The van der Waals surface area contributed by atoms with Crippen molar-refractivity contribution >= 4 is 0 Å². The zero-order valence-corrected chi connectivity index (χ0v) is 15.7. The molecule has 0 aromatic heterocycles. The standard InChI is InChI=1S/C9H12O.C8H10O.K/c1-2-3-8-4-6-9(10)7-5-8;1-2-7-4-3-5-8(9)6-7;/h4-7,10H,2-3H2,1H3;3-6,9H,2H2,1H3;/q;;+1/p-1. The summed E-state index contributed by atoms with van der Waals surface area (Å²) in [6.45, 7) is 4.19. The van der Waals surface area contributed by atoms with Crippen molar-refractivity contribution in [2.45, 2.75) is 33.1 Å². The van der Waals surface area contributed by atoms with Crippen molar-refractivity contribution in [3.8, 4) is 11.5 Å². The molecule has 0 aliphatic carbocycles. The Bertz CT molecular complexity index is 481. The second-order valence-electron chi connectivity index (χ2n) is 4.42. The number of rotatable bonds is 3. The predicted molar refractivity (Wildman–Crippen MR) is 77.4 cm³/mol. The van der Waals surface area contributed by atoms with Crippen molar-refractivity contribution in [2.24, 2.45) is 0 Å². The Morgan fingerprint density at radius 3 is 2.05 bits per heavy atom. The Morgan fingerprint density at radius 1 is 0.950 bits per heavy atom. The Morgan fingerprint density at radius 2 is 1.60 bits per heavy atom. The molecule has 0 saturated carbocycles. The van der Waals surface area contributed by atoms with Gasteiger partial charge in [-0.3, -0.25) is 0 Å². The third-order valence-corrected chi connectivity index (χ3v) is 2.78. The average molecular weight is 296 g/mol. The molecule has 102 valence electrons. The van der Waals surface area contributed by atoms with E-state index in [2.05, 4.69) is 13.8 Å². The second-order valence-corrected chi connectivity index (χ2v) is 4.42. The Kier molecular flexibility index (Phi) is 11.2. The number of aryl methyl sites for hydroxylation is 2. The molecule has 0 unspecified atom stereocenters. The minimum atomic E-state index is 0. The van der Waals surface area contributed by atoms with Gasteiger partial charge >= 0.3 is 51.4 Å². The van der Waals surface area contributed by atoms with E-state index >= 15 is 0 Å². The van der Waals surface area contributed by atoms with Crippen molar-refractivity contribution < 1.29 is 61.6 Å². The van der Waals surface area contributed by atoms with Crippen LogP contribution in [-0.4, -0.2) is 5.11 Å². The molecule has 0 heterocycles. The van der Waals surface area contributed by atoms with Gasteiger partial charge in [-0.15, -0.1) is 5.75 Å². The maximum atomic E-state index is 10.6. The molecule has 0 spiro atoms. The average Bonchev–Trinajstić information content (AvgIpc) is 2.42. The number of hydrogen-bond acceptors (Lipinski definition) is 2. The van der Waals surface area contributed by atoms with Gasteiger partial charge in [-0.05, 0) is 36.1 Å². The van der Waals surface area contributed by atoms with E-state index in [1.54, 1.807) is 24.3 Å². The molecule has 0 fully saturated rings. The Labute approximate surface area is 164 Å². The van der Waals surface area contributed by atoms with Crippen LogP contribution in [0.2, 0.25) is 0 Å². The van der Waals surface area contributed by atoms with Crippen molar-refractivity contribution in [2.75, 3.05) is 0 Å². The van der Waals surface area contributed by atoms with Gasteiger partial charge in [0.25, 0.3) is 0 Å². The first-order chi connectivity index (χ1) is 9.15. The van der Waals surface area contributed by atoms with Gasteiger partial charge < -0.3 is 10.2 Å². The normalized spacial score (nSPS) is 9.10. The van der Waals surface area contributed by atoms with Crippen LogP contribution >= 0.6 is 0 Å². The van der Waals surface area contributed by atoms with E-state index in [4.69, 9.17) is 5.11 Å². The number of phenols is 1. The molecule has 2 aromatic rings. The minimum Gasteiger partial charge on any atom is -0.872 e. The van der Waals surface area contributed by atoms with Gasteiger partial charge in [0.2, 0.25) is 0 Å². The van der Waals surface area contributed by atoms with Crippen LogP contribution in [0.1, 0.15) is 31.4 Å². The fourth-order valence-corrected chi connectivity index (χ4v) is 1.72. The molecule has 0 radical (unpaired) electrons. The van der Waals surface area contributed by atoms with E-state index in [9.17, 15) is 5.11 Å². The molecule has 2 nitrogen and oxygen atoms in total. The van der Waals surface area contributed by atoms with E-state index in [1.807, 2.05) is 24.3 Å². The van der Waals surface area contributed by atoms with Crippen molar-refractivity contribution in [3.05, 3.63) is 59.7 Å². The molecule has 20 heavy (non-hydrogen) atoms. The fourth-order valence-electron chi connectivity index (χ4n) is 1.72. The predicted octanol–water partition coefficient (Wildman–Crippen LogP) is 0.671. The molecule has 0 aliphatic rings. The van der Waals surface area contributed by atoms with Crippen LogP contribution in [0.5, 0.6) is 11.5 Å². The molecule has 0 atom stereocenters. The topological polar surface area (TPSA) is 43.3 Å². The maximum absolute atomic E-state index is 10.6. The van der Waals surface area contributed by atoms with Gasteiger partial charge in [0.15, 0.2) is 0 Å². The quantitative estimate of drug-likeness (QED) is 0.846. The number of phenolic OH excluding ortho intramolecular Hbond substituents is 1. The van der Waals surface area contributed by atoms with Gasteiger partial charge in [0.1, 0.15) is 5.75 Å². The second kappa shape index (κ2) is 11.3. The third-order valence-electron chi connectivity index (χ3n) is 2.78. The summed E-state index contributed by atoms with van der Waals surface area (Å²) in [5.41, 5.74) is 2.43. The zero-order chi connectivity index (χ0) is 14.1. The molecular weight excluding hydrogens is 275 g/mol. The number of hydrogen-bond donors (Lipinski definition) is 1. The van der Waals surface area contributed by atoms with Gasteiger partial charge in [0, 0.05) is 0 Å². The van der Waals surface area contributed by atoms with Crippen LogP contribution in [0.3, 0.4) is 0 Å². The van der Waals surface area contributed by atoms with E-state index < -0.39 is 0 Å². The summed E-state index contributed by atoms with van der Waals surface area (Å²) < 4.78 is 0. The zero-order valence-electron chi connectivity index (χ0n) is 12.6. The number of benzene rings is 2. The molecule has 1 N–H and O–H groups in total. The van der Waals surface area contributed by atoms with Crippen molar-refractivity contribution in [1.82, 2.24) is 0 Å². The van der Waals surface area contributed by atoms with E-state index in [0.717, 1.165) is 19.3 Å². The SMILES string of the molecule is CCCc1ccc([O-])cc1.CCc1cccc(O)c1.[K+]. The van der Waals surface area contributed by atoms with Gasteiger partial charge in [0.05, 0.1) is 0 Å². The van der Waals surface area contributed by atoms with E-state index in [1.165, 1.54) is 11.1 Å². The van der Waals surface area contributed by atoms with Crippen LogP contribution in [0, 0.1) is 0 Å². The van der Waals surface area contributed by atoms with Crippen LogP contribution in [0.4, 0.5) is 0 Å². The first kappa shape index (κ1) is 19.7. The van der Waals surface area contributed by atoms with Crippen molar-refractivity contribution in [1.29, 1.82) is 0 Å². The monoisotopic (exact) mass is 296 g/mol.